The number of carbonyl (C=O) groups excluding carboxylic acids is 3. The largest absolute Gasteiger partial charge is 0.531 e. The molecule has 1 N–H and O–H groups in total. The fourth-order valence-corrected chi connectivity index (χ4v) is 2.54. The number of nitrogens with one attached hydrogen (secondary N) is 1. The number of hydrogen-bond acceptors (Lipinski definition) is 5. The topological polar surface area (TPSA) is 81.7 Å². The molecule has 6 nitrogen and oxygen atoms in total. The molecular weight excluding hydrogens is 364 g/mol. The van der Waals surface area contributed by atoms with Gasteiger partial charge in [-0.25, -0.2) is 0 Å². The second-order valence-electron chi connectivity index (χ2n) is 8.04. The minimum Gasteiger partial charge on any atom is -0.509 e. The van der Waals surface area contributed by atoms with Crippen LogP contribution in [0.2, 0.25) is 5.82 Å². The molecule has 1 aliphatic rings. The molecule has 1 rings (SSSR count). The smallest absolute Gasteiger partial charge is 0.509 e. The van der Waals surface area contributed by atoms with Crippen molar-refractivity contribution < 1.29 is 23.7 Å². The minimum absolute atomic E-state index is 0. The molecule has 3 unspecified atom stereocenters. The third-order valence-electron chi connectivity index (χ3n) is 5.28. The van der Waals surface area contributed by atoms with E-state index in [0.717, 1.165) is 0 Å². The summed E-state index contributed by atoms with van der Waals surface area (Å²) < 4.78 is 11.4. The first-order valence-corrected chi connectivity index (χ1v) is 9.57. The Labute approximate surface area is 168 Å². The molecule has 1 aliphatic heterocycles. The molecule has 0 aliphatic carbocycles. The van der Waals surface area contributed by atoms with Crippen LogP contribution in [0, 0.1) is 11.3 Å². The van der Waals surface area contributed by atoms with Gasteiger partial charge >= 0.3 is 7.12 Å². The molecule has 8 heteroatoms. The van der Waals surface area contributed by atoms with Crippen molar-refractivity contribution in [3.8, 4) is 0 Å². The van der Waals surface area contributed by atoms with Gasteiger partial charge in [-0.1, -0.05) is 28.7 Å². The van der Waals surface area contributed by atoms with E-state index in [0.29, 0.717) is 6.16 Å². The zero-order chi connectivity index (χ0) is 19.6. The predicted molar refractivity (Wildman–Crippen MR) is 115 cm³/mol. The second-order valence-corrected chi connectivity index (χ2v) is 8.51. The molecule has 1 fully saturated rings. The van der Waals surface area contributed by atoms with Crippen LogP contribution in [0.4, 0.5) is 0 Å². The van der Waals surface area contributed by atoms with E-state index in [1.807, 2.05) is 20.8 Å². The van der Waals surface area contributed by atoms with Gasteiger partial charge in [0, 0.05) is 18.2 Å². The summed E-state index contributed by atoms with van der Waals surface area (Å²) in [6, 6.07) is -0.585. The standard InChI is InChI=1S/C17H31BNO5P.2CH4/c1-10(9-25)14(21)19-12(3)13(20)8-11(2)18-23-15(22)16(4,5)17(6,7)24-18;;/h10-12H,8-9,25H2,1-7H3,(H,19,21);2*1H4/t10?,11-,12?;;/m1../s1. The molecule has 0 aromatic carbocycles. The van der Waals surface area contributed by atoms with Crippen LogP contribution in [0.15, 0.2) is 0 Å². The molecular formula is C19H39BNO5P. The molecule has 1 amide bonds. The van der Waals surface area contributed by atoms with E-state index in [2.05, 4.69) is 14.6 Å². The van der Waals surface area contributed by atoms with E-state index in [1.54, 1.807) is 27.7 Å². The van der Waals surface area contributed by atoms with Gasteiger partial charge in [0.05, 0.1) is 17.1 Å². The van der Waals surface area contributed by atoms with Gasteiger partial charge in [-0.05, 0) is 40.8 Å². The maximum atomic E-state index is 12.4. The summed E-state index contributed by atoms with van der Waals surface area (Å²) in [5, 5.41) is 2.73. The van der Waals surface area contributed by atoms with E-state index in [-0.39, 0.29) is 50.7 Å². The van der Waals surface area contributed by atoms with Crippen molar-refractivity contribution in [3.05, 3.63) is 0 Å². The van der Waals surface area contributed by atoms with Gasteiger partial charge < -0.3 is 14.6 Å². The van der Waals surface area contributed by atoms with Crippen molar-refractivity contribution in [2.24, 2.45) is 11.3 Å². The lowest BCUT2D eigenvalue weighted by atomic mass is 9.64. The van der Waals surface area contributed by atoms with Gasteiger partial charge in [-0.15, -0.1) is 9.24 Å². The average Bonchev–Trinajstić information content (AvgIpc) is 2.51. The van der Waals surface area contributed by atoms with Gasteiger partial charge in [0.25, 0.3) is 5.97 Å². The van der Waals surface area contributed by atoms with Crippen LogP contribution in [-0.2, 0) is 23.7 Å². The quantitative estimate of drug-likeness (QED) is 0.520. The zero-order valence-electron chi connectivity index (χ0n) is 16.3. The highest BCUT2D eigenvalue weighted by Crippen LogP contribution is 2.41. The maximum absolute atomic E-state index is 12.4. The summed E-state index contributed by atoms with van der Waals surface area (Å²) in [4.78, 5) is 36.6. The molecule has 0 saturated carbocycles. The highest BCUT2D eigenvalue weighted by Gasteiger charge is 2.54. The monoisotopic (exact) mass is 403 g/mol. The third-order valence-corrected chi connectivity index (χ3v) is 5.99. The Morgan fingerprint density at radius 3 is 2.11 bits per heavy atom. The zero-order valence-corrected chi connectivity index (χ0v) is 17.5. The van der Waals surface area contributed by atoms with Crippen molar-refractivity contribution in [1.82, 2.24) is 5.32 Å². The van der Waals surface area contributed by atoms with Gasteiger partial charge in [0.2, 0.25) is 5.91 Å². The first kappa shape index (κ1) is 28.3. The fourth-order valence-electron chi connectivity index (χ4n) is 2.33. The van der Waals surface area contributed by atoms with Crippen LogP contribution in [0.25, 0.3) is 0 Å². The SMILES string of the molecule is C.C.CC(CP)C(=O)NC(C)C(=O)C[C@@H](C)B1OC(=O)C(C)(C)C(C)(C)O1. The van der Waals surface area contributed by atoms with Crippen molar-refractivity contribution >= 4 is 34.0 Å². The van der Waals surface area contributed by atoms with Crippen molar-refractivity contribution in [3.63, 3.8) is 0 Å². The molecule has 0 bridgehead atoms. The first-order valence-electron chi connectivity index (χ1n) is 8.75. The summed E-state index contributed by atoms with van der Waals surface area (Å²) in [5.74, 6) is -1.05. The highest BCUT2D eigenvalue weighted by atomic mass is 31.0. The summed E-state index contributed by atoms with van der Waals surface area (Å²) in [6.45, 7) is 12.6. The second kappa shape index (κ2) is 10.6. The number of ketones is 1. The van der Waals surface area contributed by atoms with E-state index in [1.165, 1.54) is 0 Å². The number of Topliss-reactive ketones (excluding diaryl/α,β-unsaturated/α-hetero) is 1. The number of hydrogen-bond donors (Lipinski definition) is 1. The Balaban J connectivity index is 0. The Morgan fingerprint density at radius 2 is 1.67 bits per heavy atom. The summed E-state index contributed by atoms with van der Waals surface area (Å²) in [7, 11) is 1.74. The average molecular weight is 403 g/mol. The Bertz CT molecular complexity index is 538. The Morgan fingerprint density at radius 1 is 1.15 bits per heavy atom. The van der Waals surface area contributed by atoms with Gasteiger partial charge in [-0.2, -0.15) is 0 Å². The van der Waals surface area contributed by atoms with Crippen LogP contribution < -0.4 is 5.32 Å². The molecule has 0 aromatic rings. The van der Waals surface area contributed by atoms with E-state index >= 15 is 0 Å². The third kappa shape index (κ3) is 6.57. The van der Waals surface area contributed by atoms with Crippen LogP contribution in [0.5, 0.6) is 0 Å². The normalized spacial score (nSPS) is 20.9. The molecule has 158 valence electrons. The first-order chi connectivity index (χ1) is 11.3. The van der Waals surface area contributed by atoms with Crippen LogP contribution in [0.3, 0.4) is 0 Å². The number of rotatable bonds is 7. The van der Waals surface area contributed by atoms with Gasteiger partial charge in [0.1, 0.15) is 0 Å². The van der Waals surface area contributed by atoms with Crippen molar-refractivity contribution in [2.45, 2.75) is 87.2 Å². The minimum atomic E-state index is -0.770. The Kier molecular flexibility index (Phi) is 11.1. The molecule has 27 heavy (non-hydrogen) atoms. The van der Waals surface area contributed by atoms with E-state index in [9.17, 15) is 14.4 Å². The van der Waals surface area contributed by atoms with Crippen LogP contribution >= 0.6 is 9.24 Å². The molecule has 1 heterocycles. The summed E-state index contributed by atoms with van der Waals surface area (Å²) >= 11 is 0. The fraction of sp³-hybridized carbons (Fsp3) is 0.842. The Hall–Kier alpha value is -0.935. The molecule has 0 aromatic heterocycles. The number of amides is 1. The number of carbonyl (C=O) groups is 3. The molecule has 4 atom stereocenters. The van der Waals surface area contributed by atoms with E-state index in [4.69, 9.17) is 9.31 Å². The lowest BCUT2D eigenvalue weighted by Gasteiger charge is -2.46. The van der Waals surface area contributed by atoms with Crippen LogP contribution in [-0.4, -0.2) is 42.6 Å². The molecule has 0 radical (unpaired) electrons. The summed E-state index contributed by atoms with van der Waals surface area (Å²) in [6.07, 6.45) is 0.797. The molecule has 1 saturated heterocycles. The van der Waals surface area contributed by atoms with Crippen LogP contribution in [0.1, 0.15) is 69.7 Å². The summed E-state index contributed by atoms with van der Waals surface area (Å²) in [5.41, 5.74) is -1.46. The van der Waals surface area contributed by atoms with Gasteiger partial charge in [0.15, 0.2) is 5.78 Å². The lowest BCUT2D eigenvalue weighted by molar-refractivity contribution is -0.170. The maximum Gasteiger partial charge on any atom is 0.531 e. The van der Waals surface area contributed by atoms with Gasteiger partial charge in [-0.3, -0.25) is 14.4 Å². The van der Waals surface area contributed by atoms with E-state index < -0.39 is 24.2 Å². The van der Waals surface area contributed by atoms with Crippen molar-refractivity contribution in [1.29, 1.82) is 0 Å². The highest BCUT2D eigenvalue weighted by molar-refractivity contribution is 7.16. The van der Waals surface area contributed by atoms with Crippen molar-refractivity contribution in [2.75, 3.05) is 6.16 Å². The molecule has 0 spiro atoms. The predicted octanol–water partition coefficient (Wildman–Crippen LogP) is 3.49. The lowest BCUT2D eigenvalue weighted by Crippen LogP contribution is -2.58.